The van der Waals surface area contributed by atoms with Crippen LogP contribution in [0.4, 0.5) is 0 Å². The van der Waals surface area contributed by atoms with E-state index in [-0.39, 0.29) is 5.79 Å². The first-order valence-electron chi connectivity index (χ1n) is 5.05. The zero-order valence-corrected chi connectivity index (χ0v) is 8.72. The summed E-state index contributed by atoms with van der Waals surface area (Å²) in [7, 11) is 2.03. The largest absolute Gasteiger partial charge is 0.350 e. The average Bonchev–Trinajstić information content (AvgIpc) is 2.85. The van der Waals surface area contributed by atoms with Gasteiger partial charge in [-0.15, -0.1) is 0 Å². The van der Waals surface area contributed by atoms with Crippen molar-refractivity contribution in [3.05, 3.63) is 0 Å². The zero-order valence-electron chi connectivity index (χ0n) is 8.72. The molecule has 3 nitrogen and oxygen atoms in total. The standard InChI is InChI=1S/C10H19NO2/c1-9(2)12-6-8(7-13-9)10(11-3)4-5-10/h8,11H,4-7H2,1-3H3. The summed E-state index contributed by atoms with van der Waals surface area (Å²) in [5, 5.41) is 3.39. The molecule has 0 spiro atoms. The fourth-order valence-electron chi connectivity index (χ4n) is 2.01. The van der Waals surface area contributed by atoms with Crippen molar-refractivity contribution >= 4 is 0 Å². The minimum Gasteiger partial charge on any atom is -0.350 e. The van der Waals surface area contributed by atoms with Crippen LogP contribution in [0.5, 0.6) is 0 Å². The van der Waals surface area contributed by atoms with E-state index in [2.05, 4.69) is 5.32 Å². The molecule has 3 heteroatoms. The molecule has 2 aliphatic rings. The van der Waals surface area contributed by atoms with Gasteiger partial charge in [-0.1, -0.05) is 0 Å². The highest BCUT2D eigenvalue weighted by molar-refractivity contribution is 5.06. The predicted octanol–water partition coefficient (Wildman–Crippen LogP) is 1.14. The van der Waals surface area contributed by atoms with Crippen molar-refractivity contribution in [2.24, 2.45) is 5.92 Å². The molecule has 0 bridgehead atoms. The van der Waals surface area contributed by atoms with Gasteiger partial charge in [0.05, 0.1) is 13.2 Å². The number of hydrogen-bond acceptors (Lipinski definition) is 3. The van der Waals surface area contributed by atoms with Crippen LogP contribution < -0.4 is 5.32 Å². The van der Waals surface area contributed by atoms with Gasteiger partial charge in [0.1, 0.15) is 0 Å². The molecule has 1 N–H and O–H groups in total. The minimum atomic E-state index is -0.375. The fraction of sp³-hybridized carbons (Fsp3) is 1.00. The van der Waals surface area contributed by atoms with Gasteiger partial charge >= 0.3 is 0 Å². The van der Waals surface area contributed by atoms with E-state index < -0.39 is 0 Å². The molecule has 76 valence electrons. The zero-order chi connectivity index (χ0) is 9.53. The molecule has 0 aromatic carbocycles. The van der Waals surface area contributed by atoms with Crippen molar-refractivity contribution in [2.45, 2.75) is 38.0 Å². The first-order valence-corrected chi connectivity index (χ1v) is 5.05. The van der Waals surface area contributed by atoms with Gasteiger partial charge in [0.15, 0.2) is 5.79 Å². The summed E-state index contributed by atoms with van der Waals surface area (Å²) in [5.74, 6) is 0.158. The lowest BCUT2D eigenvalue weighted by atomic mass is 9.98. The molecule has 1 aliphatic carbocycles. The molecular weight excluding hydrogens is 166 g/mol. The van der Waals surface area contributed by atoms with Crippen LogP contribution in [0.15, 0.2) is 0 Å². The Bertz CT molecular complexity index is 189. The van der Waals surface area contributed by atoms with Crippen molar-refractivity contribution in [1.29, 1.82) is 0 Å². The van der Waals surface area contributed by atoms with Crippen LogP contribution in [-0.4, -0.2) is 31.6 Å². The molecule has 2 rings (SSSR count). The Kier molecular flexibility index (Phi) is 2.13. The summed E-state index contributed by atoms with van der Waals surface area (Å²) in [6.07, 6.45) is 2.53. The van der Waals surface area contributed by atoms with Crippen LogP contribution in [0.2, 0.25) is 0 Å². The number of hydrogen-bond donors (Lipinski definition) is 1. The Balaban J connectivity index is 1.91. The third-order valence-corrected chi connectivity index (χ3v) is 3.33. The first kappa shape index (κ1) is 9.44. The molecular formula is C10H19NO2. The molecule has 0 aromatic rings. The second kappa shape index (κ2) is 2.94. The first-order chi connectivity index (χ1) is 6.08. The van der Waals surface area contributed by atoms with E-state index in [0.717, 1.165) is 13.2 Å². The molecule has 0 aromatic heterocycles. The smallest absolute Gasteiger partial charge is 0.162 e. The van der Waals surface area contributed by atoms with Gasteiger partial charge in [0, 0.05) is 11.5 Å². The molecule has 0 atom stereocenters. The molecule has 0 radical (unpaired) electrons. The number of rotatable bonds is 2. The SMILES string of the molecule is CNC1(C2COC(C)(C)OC2)CC1. The minimum absolute atomic E-state index is 0.330. The molecule has 2 fully saturated rings. The van der Waals surface area contributed by atoms with Crippen molar-refractivity contribution in [2.75, 3.05) is 20.3 Å². The van der Waals surface area contributed by atoms with Crippen LogP contribution in [-0.2, 0) is 9.47 Å². The van der Waals surface area contributed by atoms with Crippen LogP contribution in [0.1, 0.15) is 26.7 Å². The summed E-state index contributed by atoms with van der Waals surface area (Å²) in [6.45, 7) is 5.60. The lowest BCUT2D eigenvalue weighted by Crippen LogP contribution is -2.48. The Morgan fingerprint density at radius 2 is 1.69 bits per heavy atom. The number of ether oxygens (including phenoxy) is 2. The van der Waals surface area contributed by atoms with E-state index in [1.54, 1.807) is 0 Å². The van der Waals surface area contributed by atoms with E-state index in [1.807, 2.05) is 20.9 Å². The summed E-state index contributed by atoms with van der Waals surface area (Å²) >= 11 is 0. The van der Waals surface area contributed by atoms with E-state index in [9.17, 15) is 0 Å². The van der Waals surface area contributed by atoms with Gasteiger partial charge in [-0.3, -0.25) is 0 Å². The lowest BCUT2D eigenvalue weighted by molar-refractivity contribution is -0.266. The molecule has 13 heavy (non-hydrogen) atoms. The monoisotopic (exact) mass is 185 g/mol. The lowest BCUT2D eigenvalue weighted by Gasteiger charge is -2.38. The van der Waals surface area contributed by atoms with Crippen LogP contribution in [0.25, 0.3) is 0 Å². The van der Waals surface area contributed by atoms with E-state index in [1.165, 1.54) is 12.8 Å². The van der Waals surface area contributed by atoms with E-state index in [0.29, 0.717) is 11.5 Å². The maximum Gasteiger partial charge on any atom is 0.162 e. The maximum absolute atomic E-state index is 5.64. The highest BCUT2D eigenvalue weighted by Gasteiger charge is 2.50. The van der Waals surface area contributed by atoms with Gasteiger partial charge in [-0.05, 0) is 33.7 Å². The van der Waals surface area contributed by atoms with Gasteiger partial charge in [0.2, 0.25) is 0 Å². The molecule has 1 heterocycles. The Morgan fingerprint density at radius 3 is 2.08 bits per heavy atom. The average molecular weight is 185 g/mol. The number of nitrogens with one attached hydrogen (secondary N) is 1. The summed E-state index contributed by atoms with van der Waals surface area (Å²) in [6, 6.07) is 0. The third-order valence-electron chi connectivity index (χ3n) is 3.33. The normalized spacial score (nSPS) is 31.6. The fourth-order valence-corrected chi connectivity index (χ4v) is 2.01. The van der Waals surface area contributed by atoms with Gasteiger partial charge < -0.3 is 14.8 Å². The van der Waals surface area contributed by atoms with Gasteiger partial charge in [-0.2, -0.15) is 0 Å². The quantitative estimate of drug-likeness (QED) is 0.699. The van der Waals surface area contributed by atoms with Gasteiger partial charge in [-0.25, -0.2) is 0 Å². The molecule has 0 unspecified atom stereocenters. The highest BCUT2D eigenvalue weighted by atomic mass is 16.7. The Labute approximate surface area is 79.8 Å². The summed E-state index contributed by atoms with van der Waals surface area (Å²) < 4.78 is 11.3. The Hall–Kier alpha value is -0.120. The van der Waals surface area contributed by atoms with Crippen molar-refractivity contribution in [1.82, 2.24) is 5.32 Å². The molecule has 1 saturated heterocycles. The van der Waals surface area contributed by atoms with Crippen molar-refractivity contribution < 1.29 is 9.47 Å². The van der Waals surface area contributed by atoms with E-state index >= 15 is 0 Å². The van der Waals surface area contributed by atoms with E-state index in [4.69, 9.17) is 9.47 Å². The van der Waals surface area contributed by atoms with Crippen LogP contribution in [0.3, 0.4) is 0 Å². The highest BCUT2D eigenvalue weighted by Crippen LogP contribution is 2.44. The van der Waals surface area contributed by atoms with Gasteiger partial charge in [0.25, 0.3) is 0 Å². The maximum atomic E-state index is 5.64. The Morgan fingerprint density at radius 1 is 1.15 bits per heavy atom. The van der Waals surface area contributed by atoms with Crippen LogP contribution >= 0.6 is 0 Å². The van der Waals surface area contributed by atoms with Crippen molar-refractivity contribution in [3.63, 3.8) is 0 Å². The summed E-state index contributed by atoms with van der Waals surface area (Å²) in [5.41, 5.74) is 0.330. The van der Waals surface area contributed by atoms with Crippen LogP contribution in [0, 0.1) is 5.92 Å². The van der Waals surface area contributed by atoms with Crippen molar-refractivity contribution in [3.8, 4) is 0 Å². The molecule has 1 saturated carbocycles. The molecule has 1 aliphatic heterocycles. The third kappa shape index (κ3) is 1.73. The topological polar surface area (TPSA) is 30.5 Å². The summed E-state index contributed by atoms with van der Waals surface area (Å²) in [4.78, 5) is 0. The second-order valence-electron chi connectivity index (χ2n) is 4.62. The second-order valence-corrected chi connectivity index (χ2v) is 4.62. The molecule has 0 amide bonds. The predicted molar refractivity (Wildman–Crippen MR) is 50.5 cm³/mol.